The van der Waals surface area contributed by atoms with E-state index in [0.717, 1.165) is 16.5 Å². The van der Waals surface area contributed by atoms with Gasteiger partial charge in [0.05, 0.1) is 6.04 Å². The van der Waals surface area contributed by atoms with E-state index >= 15 is 0 Å². The average molecular weight is 346 g/mol. The summed E-state index contributed by atoms with van der Waals surface area (Å²) in [5.74, 6) is -0.201. The van der Waals surface area contributed by atoms with Crippen molar-refractivity contribution in [3.63, 3.8) is 0 Å². The number of aromatic amines is 1. The fourth-order valence-electron chi connectivity index (χ4n) is 3.20. The van der Waals surface area contributed by atoms with Crippen LogP contribution in [0.4, 0.5) is 5.69 Å². The first-order chi connectivity index (χ1) is 12.6. The number of nitrogens with one attached hydrogen (secondary N) is 2. The number of fused-ring (bicyclic) bond motifs is 1. The van der Waals surface area contributed by atoms with E-state index in [9.17, 15) is 15.3 Å². The molecule has 0 saturated carbocycles. The Bertz CT molecular complexity index is 1070. The van der Waals surface area contributed by atoms with Crippen LogP contribution in [0, 0.1) is 0 Å². The van der Waals surface area contributed by atoms with Gasteiger partial charge in [-0.2, -0.15) is 0 Å². The first-order valence-corrected chi connectivity index (χ1v) is 8.26. The fourth-order valence-corrected chi connectivity index (χ4v) is 3.20. The minimum absolute atomic E-state index is 0.146. The van der Waals surface area contributed by atoms with Crippen molar-refractivity contribution in [1.82, 2.24) is 4.98 Å². The van der Waals surface area contributed by atoms with Gasteiger partial charge in [0.1, 0.15) is 5.75 Å². The lowest BCUT2D eigenvalue weighted by atomic mass is 9.96. The molecule has 5 nitrogen and oxygen atoms in total. The largest absolute Gasteiger partial charge is 0.508 e. The fraction of sp³-hybridized carbons (Fsp3) is 0.0476. The van der Waals surface area contributed by atoms with Gasteiger partial charge in [-0.15, -0.1) is 0 Å². The minimum Gasteiger partial charge on any atom is -0.508 e. The molecule has 0 aliphatic carbocycles. The summed E-state index contributed by atoms with van der Waals surface area (Å²) in [6.07, 6.45) is 1.88. The zero-order valence-electron chi connectivity index (χ0n) is 13.8. The third-order valence-corrected chi connectivity index (χ3v) is 4.45. The van der Waals surface area contributed by atoms with E-state index in [1.54, 1.807) is 30.3 Å². The number of benzene rings is 3. The minimum atomic E-state index is -0.431. The van der Waals surface area contributed by atoms with Crippen molar-refractivity contribution < 1.29 is 15.3 Å². The molecule has 3 aromatic carbocycles. The zero-order chi connectivity index (χ0) is 18.1. The van der Waals surface area contributed by atoms with Crippen LogP contribution in [0.15, 0.2) is 72.9 Å². The Morgan fingerprint density at radius 1 is 0.808 bits per heavy atom. The molecule has 0 aliphatic rings. The maximum Gasteiger partial charge on any atom is 0.163 e. The number of hydrogen-bond acceptors (Lipinski definition) is 4. The van der Waals surface area contributed by atoms with Gasteiger partial charge in [-0.3, -0.25) is 0 Å². The molecule has 0 fully saturated rings. The van der Waals surface area contributed by atoms with Gasteiger partial charge in [0.25, 0.3) is 0 Å². The molecular weight excluding hydrogens is 328 g/mol. The topological polar surface area (TPSA) is 88.5 Å². The van der Waals surface area contributed by atoms with E-state index in [-0.39, 0.29) is 17.2 Å². The summed E-state index contributed by atoms with van der Waals surface area (Å²) in [5.41, 5.74) is 3.14. The standard InChI is InChI=1S/C21H18N2O3/c24-14-6-3-5-13(11-14)23-20(16-8-4-10-19(25)21(16)26)17-12-22-18-9-2-1-7-15(17)18/h1-12,20,22-26H. The van der Waals surface area contributed by atoms with Crippen molar-refractivity contribution in [3.8, 4) is 17.2 Å². The van der Waals surface area contributed by atoms with Gasteiger partial charge in [0.15, 0.2) is 11.5 Å². The molecule has 1 heterocycles. The molecule has 0 radical (unpaired) electrons. The highest BCUT2D eigenvalue weighted by molar-refractivity contribution is 5.84. The second kappa shape index (κ2) is 6.37. The lowest BCUT2D eigenvalue weighted by molar-refractivity contribution is 0.398. The maximum absolute atomic E-state index is 10.4. The van der Waals surface area contributed by atoms with E-state index in [1.165, 1.54) is 6.07 Å². The molecule has 5 N–H and O–H groups in total. The Balaban J connectivity index is 1.87. The number of aromatic hydroxyl groups is 3. The zero-order valence-corrected chi connectivity index (χ0v) is 13.8. The third-order valence-electron chi connectivity index (χ3n) is 4.45. The monoisotopic (exact) mass is 346 g/mol. The molecule has 0 bridgehead atoms. The van der Waals surface area contributed by atoms with Gasteiger partial charge in [0, 0.05) is 40.0 Å². The molecule has 4 rings (SSSR count). The number of hydrogen-bond donors (Lipinski definition) is 5. The average Bonchev–Trinajstić information content (AvgIpc) is 3.06. The number of para-hydroxylation sites is 2. The second-order valence-electron chi connectivity index (χ2n) is 6.13. The SMILES string of the molecule is Oc1cccc(NC(c2cccc(O)c2O)c2c[nH]c3ccccc23)c1. The molecule has 0 amide bonds. The third kappa shape index (κ3) is 2.80. The van der Waals surface area contributed by atoms with Crippen molar-refractivity contribution in [2.24, 2.45) is 0 Å². The Hall–Kier alpha value is -3.60. The first-order valence-electron chi connectivity index (χ1n) is 8.26. The summed E-state index contributed by atoms with van der Waals surface area (Å²) >= 11 is 0. The molecular formula is C21H18N2O3. The van der Waals surface area contributed by atoms with E-state index in [1.807, 2.05) is 36.5 Å². The van der Waals surface area contributed by atoms with E-state index in [0.29, 0.717) is 11.3 Å². The normalized spacial score (nSPS) is 12.2. The van der Waals surface area contributed by atoms with Crippen LogP contribution in [0.25, 0.3) is 10.9 Å². The Morgan fingerprint density at radius 3 is 2.46 bits per heavy atom. The van der Waals surface area contributed by atoms with Gasteiger partial charge in [-0.05, 0) is 24.3 Å². The molecule has 0 aliphatic heterocycles. The molecule has 1 atom stereocenters. The van der Waals surface area contributed by atoms with Crippen LogP contribution >= 0.6 is 0 Å². The molecule has 0 spiro atoms. The Morgan fingerprint density at radius 2 is 1.62 bits per heavy atom. The lowest BCUT2D eigenvalue weighted by Crippen LogP contribution is -2.12. The number of anilines is 1. The highest BCUT2D eigenvalue weighted by atomic mass is 16.3. The van der Waals surface area contributed by atoms with Crippen LogP contribution < -0.4 is 5.32 Å². The molecule has 130 valence electrons. The number of phenolic OH excluding ortho intramolecular Hbond substituents is 3. The summed E-state index contributed by atoms with van der Waals surface area (Å²) in [5, 5.41) is 34.5. The molecule has 5 heteroatoms. The quantitative estimate of drug-likeness (QED) is 0.352. The molecule has 1 aromatic heterocycles. The predicted octanol–water partition coefficient (Wildman–Crippen LogP) is 4.49. The summed E-state index contributed by atoms with van der Waals surface area (Å²) < 4.78 is 0. The highest BCUT2D eigenvalue weighted by Crippen LogP contribution is 2.39. The van der Waals surface area contributed by atoms with Crippen LogP contribution in [-0.4, -0.2) is 20.3 Å². The van der Waals surface area contributed by atoms with Crippen molar-refractivity contribution >= 4 is 16.6 Å². The van der Waals surface area contributed by atoms with Crippen LogP contribution in [0.5, 0.6) is 17.2 Å². The first kappa shape index (κ1) is 15.9. The van der Waals surface area contributed by atoms with Gasteiger partial charge in [0.2, 0.25) is 0 Å². The Labute approximate surface area is 150 Å². The van der Waals surface area contributed by atoms with E-state index in [4.69, 9.17) is 0 Å². The van der Waals surface area contributed by atoms with Gasteiger partial charge < -0.3 is 25.6 Å². The Kier molecular flexibility index (Phi) is 3.89. The molecule has 0 saturated heterocycles. The van der Waals surface area contributed by atoms with Crippen LogP contribution in [0.1, 0.15) is 17.2 Å². The predicted molar refractivity (Wildman–Crippen MR) is 102 cm³/mol. The highest BCUT2D eigenvalue weighted by Gasteiger charge is 2.22. The summed E-state index contributed by atoms with van der Waals surface area (Å²) in [7, 11) is 0. The van der Waals surface area contributed by atoms with Crippen molar-refractivity contribution in [3.05, 3.63) is 84.1 Å². The summed E-state index contributed by atoms with van der Waals surface area (Å²) in [4.78, 5) is 3.24. The smallest absolute Gasteiger partial charge is 0.163 e. The molecule has 26 heavy (non-hydrogen) atoms. The van der Waals surface area contributed by atoms with Gasteiger partial charge in [-0.1, -0.05) is 36.4 Å². The number of aromatic nitrogens is 1. The van der Waals surface area contributed by atoms with Crippen LogP contribution in [0.2, 0.25) is 0 Å². The van der Waals surface area contributed by atoms with Crippen LogP contribution in [-0.2, 0) is 0 Å². The lowest BCUT2D eigenvalue weighted by Gasteiger charge is -2.22. The second-order valence-corrected chi connectivity index (χ2v) is 6.13. The van der Waals surface area contributed by atoms with Gasteiger partial charge >= 0.3 is 0 Å². The maximum atomic E-state index is 10.4. The van der Waals surface area contributed by atoms with Crippen molar-refractivity contribution in [2.75, 3.05) is 5.32 Å². The molecule has 1 unspecified atom stereocenters. The van der Waals surface area contributed by atoms with Crippen LogP contribution in [0.3, 0.4) is 0 Å². The number of H-pyrrole nitrogens is 1. The molecule has 4 aromatic rings. The van der Waals surface area contributed by atoms with Crippen molar-refractivity contribution in [2.45, 2.75) is 6.04 Å². The van der Waals surface area contributed by atoms with E-state index in [2.05, 4.69) is 10.3 Å². The number of phenols is 3. The number of rotatable bonds is 4. The van der Waals surface area contributed by atoms with E-state index < -0.39 is 6.04 Å². The van der Waals surface area contributed by atoms with Gasteiger partial charge in [-0.25, -0.2) is 0 Å². The summed E-state index contributed by atoms with van der Waals surface area (Å²) in [6, 6.07) is 19.1. The van der Waals surface area contributed by atoms with Crippen molar-refractivity contribution in [1.29, 1.82) is 0 Å². The summed E-state index contributed by atoms with van der Waals surface area (Å²) in [6.45, 7) is 0.